The predicted molar refractivity (Wildman–Crippen MR) is 213 cm³/mol. The standard InChI is InChI=1S/C41H55N9O6/c1-25-26(2)47-48-37(25)46-38-28-21-33(50(55)41(3,4)5)34(22-31(28)42-24-43-38)56-20-13-11-9-7-6-8-10-12-17-35(51)44-30-16-14-15-27-29(30)23-49(40(27)54)32-18-19-36(52)45-39(32)53/h14-16,21-22,24,32,40,50,54H,6-13,17-20,23H2,1-5H3,(H,44,51)(H,45,52,53)(H2,42,43,46,47,48). The number of benzene rings is 2. The number of nitrogens with one attached hydrogen (secondary N) is 5. The maximum atomic E-state index is 13.6. The Hall–Kier alpha value is -4.96. The molecule has 0 radical (unpaired) electrons. The van der Waals surface area contributed by atoms with Crippen LogP contribution >= 0.6 is 0 Å². The van der Waals surface area contributed by atoms with Crippen molar-refractivity contribution >= 4 is 51.6 Å². The van der Waals surface area contributed by atoms with E-state index in [-0.39, 0.29) is 23.3 Å². The van der Waals surface area contributed by atoms with Gasteiger partial charge in [0.05, 0.1) is 23.7 Å². The molecule has 2 aromatic carbocycles. The van der Waals surface area contributed by atoms with E-state index in [1.54, 1.807) is 17.0 Å². The highest BCUT2D eigenvalue weighted by Crippen LogP contribution is 2.39. The third-order valence-electron chi connectivity index (χ3n) is 10.7. The highest BCUT2D eigenvalue weighted by molar-refractivity contribution is 6.00. The Morgan fingerprint density at radius 1 is 1.04 bits per heavy atom. The zero-order valence-electron chi connectivity index (χ0n) is 33.1. The number of hydrogen-bond donors (Lipinski definition) is 6. The number of ether oxygens (including phenoxy) is 1. The number of quaternary nitrogens is 1. The number of unbranched alkanes of at least 4 members (excludes halogenated alkanes) is 7. The summed E-state index contributed by atoms with van der Waals surface area (Å²) in [5, 5.41) is 41.2. The van der Waals surface area contributed by atoms with Crippen molar-refractivity contribution in [1.29, 1.82) is 0 Å². The number of aliphatic hydroxyl groups is 1. The number of amides is 3. The highest BCUT2D eigenvalue weighted by Gasteiger charge is 2.40. The number of carbonyl (C=O) groups excluding carboxylic acids is 3. The van der Waals surface area contributed by atoms with E-state index in [0.29, 0.717) is 71.2 Å². The molecule has 2 aliphatic rings. The van der Waals surface area contributed by atoms with Gasteiger partial charge in [0.25, 0.3) is 0 Å². The fourth-order valence-corrected chi connectivity index (χ4v) is 7.31. The van der Waals surface area contributed by atoms with E-state index in [0.717, 1.165) is 68.2 Å². The molecule has 2 aliphatic heterocycles. The van der Waals surface area contributed by atoms with Crippen LogP contribution in [0.1, 0.15) is 120 Å². The number of nitrogens with zero attached hydrogens (tertiary/aromatic N) is 4. The highest BCUT2D eigenvalue weighted by atomic mass is 16.5. The Bertz CT molecular complexity index is 2040. The van der Waals surface area contributed by atoms with E-state index in [4.69, 9.17) is 4.74 Å². The van der Waals surface area contributed by atoms with Crippen molar-refractivity contribution in [3.63, 3.8) is 0 Å². The van der Waals surface area contributed by atoms with Crippen molar-refractivity contribution < 1.29 is 29.3 Å². The summed E-state index contributed by atoms with van der Waals surface area (Å²) in [5.74, 6) is 1.00. The maximum Gasteiger partial charge on any atom is 0.244 e. The summed E-state index contributed by atoms with van der Waals surface area (Å²) >= 11 is 0. The monoisotopic (exact) mass is 769 g/mol. The zero-order chi connectivity index (χ0) is 40.0. The minimum absolute atomic E-state index is 0.0183. The van der Waals surface area contributed by atoms with Gasteiger partial charge in [-0.25, -0.2) is 9.97 Å². The topological polar surface area (TPSA) is 202 Å². The van der Waals surface area contributed by atoms with Crippen molar-refractivity contribution in [3.8, 4) is 5.75 Å². The third kappa shape index (κ3) is 9.52. The molecule has 56 heavy (non-hydrogen) atoms. The van der Waals surface area contributed by atoms with Gasteiger partial charge in [0.15, 0.2) is 17.3 Å². The van der Waals surface area contributed by atoms with Crippen molar-refractivity contribution in [3.05, 3.63) is 64.3 Å². The van der Waals surface area contributed by atoms with E-state index < -0.39 is 23.7 Å². The molecule has 1 fully saturated rings. The number of aromatic nitrogens is 4. The van der Waals surface area contributed by atoms with Gasteiger partial charge in [-0.15, -0.1) is 0 Å². The zero-order valence-corrected chi connectivity index (χ0v) is 33.1. The van der Waals surface area contributed by atoms with Gasteiger partial charge in [0, 0.05) is 59.4 Å². The Kier molecular flexibility index (Phi) is 13.0. The molecule has 4 heterocycles. The van der Waals surface area contributed by atoms with Crippen LogP contribution in [0.4, 0.5) is 23.0 Å². The first kappa shape index (κ1) is 40.7. The Morgan fingerprint density at radius 3 is 2.46 bits per heavy atom. The molecule has 15 heteroatoms. The molecule has 6 N–H and O–H groups in total. The van der Waals surface area contributed by atoms with Crippen LogP contribution in [0.25, 0.3) is 10.9 Å². The molecule has 0 saturated carbocycles. The molecule has 3 atom stereocenters. The van der Waals surface area contributed by atoms with E-state index >= 15 is 0 Å². The summed E-state index contributed by atoms with van der Waals surface area (Å²) < 4.78 is 6.24. The van der Waals surface area contributed by atoms with Crippen molar-refractivity contribution in [2.24, 2.45) is 0 Å². The smallest absolute Gasteiger partial charge is 0.244 e. The molecular weight excluding hydrogens is 715 g/mol. The van der Waals surface area contributed by atoms with E-state index in [1.807, 2.05) is 52.8 Å². The quantitative estimate of drug-likeness (QED) is 0.0439. The number of hydroxylamine groups is 1. The summed E-state index contributed by atoms with van der Waals surface area (Å²) in [5.41, 5.74) is 4.64. The normalized spacial score (nSPS) is 17.8. The summed E-state index contributed by atoms with van der Waals surface area (Å²) in [6.45, 7) is 10.4. The number of piperidine rings is 1. The van der Waals surface area contributed by atoms with Gasteiger partial charge in [-0.1, -0.05) is 50.7 Å². The SMILES string of the molecule is Cc1[nH]nc(Nc2ncnc3cc(OCCCCCCCCCCC(=O)Nc4cccc5c4CN(C4CCC(=O)NC4=O)C5O)c([NH+]([O-])C(C)(C)C)cc23)c1C. The van der Waals surface area contributed by atoms with Crippen LogP contribution in [0.3, 0.4) is 0 Å². The molecule has 3 unspecified atom stereocenters. The molecule has 2 aromatic heterocycles. The molecule has 1 saturated heterocycles. The Morgan fingerprint density at radius 2 is 1.77 bits per heavy atom. The number of carbonyl (C=O) groups is 3. The Balaban J connectivity index is 0.905. The molecular formula is C41H55N9O6. The van der Waals surface area contributed by atoms with Crippen LogP contribution < -0.4 is 25.8 Å². The summed E-state index contributed by atoms with van der Waals surface area (Å²) in [6.07, 6.45) is 9.42. The van der Waals surface area contributed by atoms with Gasteiger partial charge in [0.1, 0.15) is 18.4 Å². The molecule has 0 aliphatic carbocycles. The van der Waals surface area contributed by atoms with Gasteiger partial charge >= 0.3 is 0 Å². The number of anilines is 3. The average Bonchev–Trinajstić information content (AvgIpc) is 3.66. The third-order valence-corrected chi connectivity index (χ3v) is 10.7. The second-order valence-electron chi connectivity index (χ2n) is 16.0. The number of aromatic amines is 1. The first-order valence-electron chi connectivity index (χ1n) is 19.8. The first-order valence-corrected chi connectivity index (χ1v) is 19.8. The summed E-state index contributed by atoms with van der Waals surface area (Å²) in [4.78, 5) is 47.5. The van der Waals surface area contributed by atoms with E-state index in [1.165, 1.54) is 6.33 Å². The fourth-order valence-electron chi connectivity index (χ4n) is 7.31. The summed E-state index contributed by atoms with van der Waals surface area (Å²) in [6, 6.07) is 8.48. The minimum atomic E-state index is -0.977. The van der Waals surface area contributed by atoms with Crippen LogP contribution in [0.2, 0.25) is 0 Å². The fraction of sp³-hybridized carbons (Fsp3) is 0.512. The van der Waals surface area contributed by atoms with Crippen molar-refractivity contribution in [2.75, 3.05) is 17.2 Å². The van der Waals surface area contributed by atoms with Gasteiger partial charge in [-0.2, -0.15) is 5.10 Å². The number of rotatable bonds is 17. The number of aryl methyl sites for hydroxylation is 1. The van der Waals surface area contributed by atoms with Crippen LogP contribution in [0.5, 0.6) is 5.75 Å². The summed E-state index contributed by atoms with van der Waals surface area (Å²) in [7, 11) is 0. The van der Waals surface area contributed by atoms with Gasteiger partial charge < -0.3 is 30.7 Å². The largest absolute Gasteiger partial charge is 0.628 e. The van der Waals surface area contributed by atoms with Gasteiger partial charge in [-0.05, 0) is 65.5 Å². The minimum Gasteiger partial charge on any atom is -0.628 e. The number of aliphatic hydroxyl groups excluding tert-OH is 1. The number of H-pyrrole nitrogens is 1. The van der Waals surface area contributed by atoms with Crippen molar-refractivity contribution in [1.82, 2.24) is 30.4 Å². The number of fused-ring (bicyclic) bond motifs is 2. The van der Waals surface area contributed by atoms with Gasteiger partial charge in [0.2, 0.25) is 17.7 Å². The lowest BCUT2D eigenvalue weighted by Crippen LogP contribution is -3.10. The second-order valence-corrected chi connectivity index (χ2v) is 16.0. The lowest BCUT2D eigenvalue weighted by molar-refractivity contribution is -0.832. The lowest BCUT2D eigenvalue weighted by Gasteiger charge is -2.35. The molecule has 0 bridgehead atoms. The van der Waals surface area contributed by atoms with Crippen LogP contribution in [-0.4, -0.2) is 66.1 Å². The molecule has 3 amide bonds. The second kappa shape index (κ2) is 17.9. The Labute approximate surface area is 327 Å². The number of imide groups is 1. The molecule has 6 rings (SSSR count). The van der Waals surface area contributed by atoms with Crippen LogP contribution in [0.15, 0.2) is 36.7 Å². The first-order chi connectivity index (χ1) is 26.8. The van der Waals surface area contributed by atoms with E-state index in [2.05, 4.69) is 36.1 Å². The molecule has 0 spiro atoms. The van der Waals surface area contributed by atoms with Gasteiger partial charge in [-0.3, -0.25) is 29.7 Å². The molecule has 4 aromatic rings. The predicted octanol–water partition coefficient (Wildman–Crippen LogP) is 5.67. The lowest BCUT2D eigenvalue weighted by atomic mass is 10.0. The van der Waals surface area contributed by atoms with Crippen LogP contribution in [-0.2, 0) is 20.9 Å². The maximum absolute atomic E-state index is 13.6. The average molecular weight is 770 g/mol. The van der Waals surface area contributed by atoms with Crippen LogP contribution in [0, 0.1) is 19.1 Å². The van der Waals surface area contributed by atoms with Crippen molar-refractivity contribution in [2.45, 2.75) is 130 Å². The van der Waals surface area contributed by atoms with E-state index in [9.17, 15) is 24.7 Å². The molecule has 15 nitrogen and oxygen atoms in total. The number of hydrogen-bond acceptors (Lipinski definition) is 11. The molecule has 300 valence electrons.